The van der Waals surface area contributed by atoms with E-state index in [4.69, 9.17) is 9.84 Å². The predicted molar refractivity (Wildman–Crippen MR) is 105 cm³/mol. The van der Waals surface area contributed by atoms with Gasteiger partial charge in [-0.2, -0.15) is 0 Å². The van der Waals surface area contributed by atoms with Gasteiger partial charge in [0.2, 0.25) is 5.91 Å². The van der Waals surface area contributed by atoms with Crippen molar-refractivity contribution >= 4 is 17.8 Å². The lowest BCUT2D eigenvalue weighted by molar-refractivity contribution is -0.148. The smallest absolute Gasteiger partial charge is 0.323 e. The largest absolute Gasteiger partial charge is 0.480 e. The second kappa shape index (κ2) is 11.4. The summed E-state index contributed by atoms with van der Waals surface area (Å²) in [6, 6.07) is 8.64. The highest BCUT2D eigenvalue weighted by Crippen LogP contribution is 2.15. The van der Waals surface area contributed by atoms with Crippen molar-refractivity contribution in [2.45, 2.75) is 57.5 Å². The number of nitrogens with zero attached hydrogens (tertiary/aromatic N) is 1. The Morgan fingerprint density at radius 1 is 1.25 bits per heavy atom. The topological polar surface area (TPSA) is 95.9 Å². The van der Waals surface area contributed by atoms with E-state index in [9.17, 15) is 14.4 Å². The molecule has 28 heavy (non-hydrogen) atoms. The fraction of sp³-hybridized carbons (Fsp3) is 0.571. The number of nitrogens with one attached hydrogen (secondary N) is 1. The number of carbonyl (C=O) groups excluding carboxylic acids is 2. The third-order valence-corrected chi connectivity index (χ3v) is 4.89. The Morgan fingerprint density at radius 2 is 2.00 bits per heavy atom. The van der Waals surface area contributed by atoms with E-state index in [0.29, 0.717) is 25.8 Å². The molecule has 0 bridgehead atoms. The molecule has 2 rings (SSSR count). The highest BCUT2D eigenvalue weighted by molar-refractivity contribution is 5.86. The molecule has 0 aliphatic carbocycles. The molecule has 2 atom stereocenters. The second-order valence-electron chi connectivity index (χ2n) is 7.05. The van der Waals surface area contributed by atoms with Crippen LogP contribution in [-0.4, -0.2) is 59.6 Å². The van der Waals surface area contributed by atoms with Crippen LogP contribution < -0.4 is 5.32 Å². The first kappa shape index (κ1) is 21.9. The molecule has 1 saturated heterocycles. The van der Waals surface area contributed by atoms with E-state index in [0.717, 1.165) is 24.8 Å². The molecule has 1 aliphatic rings. The standard InChI is InChI=1S/C21H30N2O5/c1-2-28-21(27)18(13-12-16-9-5-3-6-10-16)22-17-11-7-4-8-14-23(20(17)26)15-19(24)25/h3,5-6,9-10,17-18,22H,2,4,7-8,11-15H2,1H3,(H,24,25)/t17?,18-/m0/s1. The number of ether oxygens (including phenoxy) is 1. The van der Waals surface area contributed by atoms with Crippen molar-refractivity contribution in [3.05, 3.63) is 35.9 Å². The SMILES string of the molecule is CCOC(=O)[C@H](CCc1ccccc1)NC1CCCCCN(CC(=O)O)C1=O. The first-order valence-electron chi connectivity index (χ1n) is 9.98. The van der Waals surface area contributed by atoms with E-state index < -0.39 is 18.1 Å². The van der Waals surface area contributed by atoms with E-state index in [1.165, 1.54) is 4.90 Å². The van der Waals surface area contributed by atoms with Crippen molar-refractivity contribution in [1.82, 2.24) is 10.2 Å². The maximum Gasteiger partial charge on any atom is 0.323 e. The fourth-order valence-corrected chi connectivity index (χ4v) is 3.47. The molecule has 0 saturated carbocycles. The fourth-order valence-electron chi connectivity index (χ4n) is 3.47. The quantitative estimate of drug-likeness (QED) is 0.626. The Kier molecular flexibility index (Phi) is 8.94. The minimum atomic E-state index is -1.03. The van der Waals surface area contributed by atoms with Crippen LogP contribution in [0.1, 0.15) is 44.6 Å². The summed E-state index contributed by atoms with van der Waals surface area (Å²) in [5.41, 5.74) is 1.11. The molecule has 154 valence electrons. The summed E-state index contributed by atoms with van der Waals surface area (Å²) in [6.45, 7) is 2.14. The van der Waals surface area contributed by atoms with Gasteiger partial charge in [-0.15, -0.1) is 0 Å². The van der Waals surface area contributed by atoms with E-state index in [1.807, 2.05) is 30.3 Å². The molecule has 0 radical (unpaired) electrons. The lowest BCUT2D eigenvalue weighted by atomic mass is 10.00. The summed E-state index contributed by atoms with van der Waals surface area (Å²) in [7, 11) is 0. The first-order chi connectivity index (χ1) is 13.5. The zero-order valence-electron chi connectivity index (χ0n) is 16.4. The zero-order valence-corrected chi connectivity index (χ0v) is 16.4. The van der Waals surface area contributed by atoms with E-state index >= 15 is 0 Å². The van der Waals surface area contributed by atoms with Crippen LogP contribution in [0.3, 0.4) is 0 Å². The number of hydrogen-bond donors (Lipinski definition) is 2. The summed E-state index contributed by atoms with van der Waals surface area (Å²) >= 11 is 0. The van der Waals surface area contributed by atoms with E-state index in [1.54, 1.807) is 6.92 Å². The van der Waals surface area contributed by atoms with Gasteiger partial charge in [-0.05, 0) is 38.2 Å². The maximum atomic E-state index is 12.9. The molecule has 1 amide bonds. The summed E-state index contributed by atoms with van der Waals surface area (Å²) in [6.07, 6.45) is 4.34. The van der Waals surface area contributed by atoms with Crippen molar-refractivity contribution in [2.24, 2.45) is 0 Å². The van der Waals surface area contributed by atoms with Gasteiger partial charge >= 0.3 is 11.9 Å². The lowest BCUT2D eigenvalue weighted by Gasteiger charge is -2.31. The van der Waals surface area contributed by atoms with E-state index in [-0.39, 0.29) is 25.0 Å². The van der Waals surface area contributed by atoms with Gasteiger partial charge in [-0.1, -0.05) is 43.2 Å². The average molecular weight is 390 g/mol. The van der Waals surface area contributed by atoms with Crippen LogP contribution in [0.25, 0.3) is 0 Å². The second-order valence-corrected chi connectivity index (χ2v) is 7.05. The number of carboxylic acid groups (broad SMARTS) is 1. The summed E-state index contributed by atoms with van der Waals surface area (Å²) in [5.74, 6) is -1.66. The molecule has 1 unspecified atom stereocenters. The number of carbonyl (C=O) groups is 3. The zero-order chi connectivity index (χ0) is 20.4. The Hall–Kier alpha value is -2.41. The van der Waals surface area contributed by atoms with Gasteiger partial charge in [-0.3, -0.25) is 19.7 Å². The van der Waals surface area contributed by atoms with Gasteiger partial charge in [0.15, 0.2) is 0 Å². The molecule has 1 aliphatic heterocycles. The molecule has 7 nitrogen and oxygen atoms in total. The molecule has 0 spiro atoms. The lowest BCUT2D eigenvalue weighted by Crippen LogP contribution is -2.54. The third-order valence-electron chi connectivity index (χ3n) is 4.89. The molecule has 1 heterocycles. The van der Waals surface area contributed by atoms with Crippen LogP contribution in [0.15, 0.2) is 30.3 Å². The Labute approximate surface area is 166 Å². The van der Waals surface area contributed by atoms with Crippen molar-refractivity contribution in [1.29, 1.82) is 0 Å². The number of aryl methyl sites for hydroxylation is 1. The molecule has 7 heteroatoms. The Morgan fingerprint density at radius 3 is 2.68 bits per heavy atom. The minimum absolute atomic E-state index is 0.254. The number of carboxylic acids is 1. The van der Waals surface area contributed by atoms with Crippen LogP contribution in [0, 0.1) is 0 Å². The third kappa shape index (κ3) is 6.96. The number of benzene rings is 1. The monoisotopic (exact) mass is 390 g/mol. The van der Waals surface area contributed by atoms with Gasteiger partial charge in [0.05, 0.1) is 12.6 Å². The highest BCUT2D eigenvalue weighted by atomic mass is 16.5. The molecule has 1 aromatic rings. The molecule has 2 N–H and O–H groups in total. The number of amides is 1. The maximum absolute atomic E-state index is 12.9. The molecule has 1 aromatic carbocycles. The predicted octanol–water partition coefficient (Wildman–Crippen LogP) is 2.00. The first-order valence-corrected chi connectivity index (χ1v) is 9.98. The minimum Gasteiger partial charge on any atom is -0.480 e. The van der Waals surface area contributed by atoms with Crippen molar-refractivity contribution < 1.29 is 24.2 Å². The number of esters is 1. The van der Waals surface area contributed by atoms with Crippen LogP contribution in [0.5, 0.6) is 0 Å². The molecule has 1 fully saturated rings. The average Bonchev–Trinajstić information content (AvgIpc) is 2.67. The summed E-state index contributed by atoms with van der Waals surface area (Å²) < 4.78 is 5.20. The molecule has 0 aromatic heterocycles. The van der Waals surface area contributed by atoms with Crippen LogP contribution >= 0.6 is 0 Å². The van der Waals surface area contributed by atoms with Crippen molar-refractivity contribution in [3.8, 4) is 0 Å². The van der Waals surface area contributed by atoms with Gasteiger partial charge in [0, 0.05) is 6.54 Å². The number of rotatable bonds is 9. The van der Waals surface area contributed by atoms with Crippen molar-refractivity contribution in [3.63, 3.8) is 0 Å². The van der Waals surface area contributed by atoms with Crippen molar-refractivity contribution in [2.75, 3.05) is 19.7 Å². The number of likely N-dealkylation sites (tertiary alicyclic amines) is 1. The highest BCUT2D eigenvalue weighted by Gasteiger charge is 2.31. The summed E-state index contributed by atoms with van der Waals surface area (Å²) in [5, 5.41) is 12.3. The molecular formula is C21H30N2O5. The van der Waals surface area contributed by atoms with Crippen LogP contribution in [0.4, 0.5) is 0 Å². The van der Waals surface area contributed by atoms with E-state index in [2.05, 4.69) is 5.32 Å². The molecular weight excluding hydrogens is 360 g/mol. The van der Waals surface area contributed by atoms with Crippen LogP contribution in [0.2, 0.25) is 0 Å². The van der Waals surface area contributed by atoms with Gasteiger partial charge in [-0.25, -0.2) is 0 Å². The normalized spacial score (nSPS) is 18.8. The summed E-state index contributed by atoms with van der Waals surface area (Å²) in [4.78, 5) is 37.8. The van der Waals surface area contributed by atoms with Gasteiger partial charge < -0.3 is 14.7 Å². The van der Waals surface area contributed by atoms with Gasteiger partial charge in [0.1, 0.15) is 12.6 Å². The number of hydrogen-bond acceptors (Lipinski definition) is 5. The van der Waals surface area contributed by atoms with Crippen LogP contribution in [-0.2, 0) is 25.5 Å². The Bertz CT molecular complexity index is 649. The van der Waals surface area contributed by atoms with Gasteiger partial charge in [0.25, 0.3) is 0 Å². The number of aliphatic carboxylic acids is 1. The Balaban J connectivity index is 2.08.